The van der Waals surface area contributed by atoms with Gasteiger partial charge in [0.15, 0.2) is 0 Å². The van der Waals surface area contributed by atoms with Gasteiger partial charge in [-0.15, -0.1) is 5.10 Å². The van der Waals surface area contributed by atoms with E-state index in [0.717, 1.165) is 66.1 Å². The Hall–Kier alpha value is -3.71. The Morgan fingerprint density at radius 3 is 2.71 bits per heavy atom. The lowest BCUT2D eigenvalue weighted by Crippen LogP contribution is -2.32. The van der Waals surface area contributed by atoms with Gasteiger partial charge in [0.1, 0.15) is 17.4 Å². The van der Waals surface area contributed by atoms with Crippen molar-refractivity contribution in [1.29, 1.82) is 0 Å². The standard InChI is InChI=1S/C31H36N4O3/c1-5-25-19-34(17-23-9-7-8-10-29(23)38-25)18-24-15-22(12-11-20(24)3)27(16-30(36)37)26-13-14-28-31(21(26)4)32-33-35(28)6-2/h7-15,25,27H,5-6,16-19H2,1-4H3,(H,36,37)/t25-,27?/m1/s1. The predicted octanol–water partition coefficient (Wildman–Crippen LogP) is 5.85. The van der Waals surface area contributed by atoms with Crippen LogP contribution in [0.15, 0.2) is 54.6 Å². The molecule has 0 saturated heterocycles. The summed E-state index contributed by atoms with van der Waals surface area (Å²) in [6.07, 6.45) is 1.09. The zero-order valence-electron chi connectivity index (χ0n) is 22.6. The van der Waals surface area contributed by atoms with Gasteiger partial charge >= 0.3 is 5.97 Å². The quantitative estimate of drug-likeness (QED) is 0.319. The lowest BCUT2D eigenvalue weighted by molar-refractivity contribution is -0.137. The van der Waals surface area contributed by atoms with Crippen LogP contribution >= 0.6 is 0 Å². The number of hydrogen-bond donors (Lipinski definition) is 1. The van der Waals surface area contributed by atoms with Crippen LogP contribution < -0.4 is 4.74 Å². The van der Waals surface area contributed by atoms with E-state index >= 15 is 0 Å². The second-order valence-corrected chi connectivity index (χ2v) is 10.3. The summed E-state index contributed by atoms with van der Waals surface area (Å²) in [5.41, 5.74) is 8.41. The van der Waals surface area contributed by atoms with Crippen LogP contribution in [0.3, 0.4) is 0 Å². The molecule has 1 N–H and O–H groups in total. The molecule has 0 spiro atoms. The number of benzene rings is 3. The summed E-state index contributed by atoms with van der Waals surface area (Å²) in [6, 6.07) is 18.8. The Morgan fingerprint density at radius 1 is 1.13 bits per heavy atom. The lowest BCUT2D eigenvalue weighted by atomic mass is 9.84. The Morgan fingerprint density at radius 2 is 1.95 bits per heavy atom. The Labute approximate surface area is 224 Å². The van der Waals surface area contributed by atoms with Crippen molar-refractivity contribution in [2.75, 3.05) is 6.54 Å². The molecule has 1 aliphatic rings. The highest BCUT2D eigenvalue weighted by Gasteiger charge is 2.25. The Balaban J connectivity index is 1.50. The molecule has 198 valence electrons. The molecule has 7 heteroatoms. The molecule has 7 nitrogen and oxygen atoms in total. The fraction of sp³-hybridized carbons (Fsp3) is 0.387. The summed E-state index contributed by atoms with van der Waals surface area (Å²) in [4.78, 5) is 14.5. The minimum Gasteiger partial charge on any atom is -0.489 e. The average molecular weight is 513 g/mol. The van der Waals surface area contributed by atoms with Gasteiger partial charge in [-0.25, -0.2) is 4.68 Å². The van der Waals surface area contributed by atoms with Gasteiger partial charge in [0.05, 0.1) is 11.9 Å². The smallest absolute Gasteiger partial charge is 0.304 e. The predicted molar refractivity (Wildman–Crippen MR) is 148 cm³/mol. The van der Waals surface area contributed by atoms with Crippen LogP contribution in [0.5, 0.6) is 5.75 Å². The van der Waals surface area contributed by atoms with Gasteiger partial charge in [-0.2, -0.15) is 0 Å². The second-order valence-electron chi connectivity index (χ2n) is 10.3. The zero-order valence-corrected chi connectivity index (χ0v) is 22.6. The largest absolute Gasteiger partial charge is 0.489 e. The van der Waals surface area contributed by atoms with Crippen LogP contribution in [-0.4, -0.2) is 43.6 Å². The molecule has 2 atom stereocenters. The first kappa shape index (κ1) is 25.9. The highest BCUT2D eigenvalue weighted by atomic mass is 16.5. The fourth-order valence-electron chi connectivity index (χ4n) is 5.59. The second kappa shape index (κ2) is 11.0. The summed E-state index contributed by atoms with van der Waals surface area (Å²) in [7, 11) is 0. The molecule has 0 fully saturated rings. The maximum absolute atomic E-state index is 12.0. The minimum atomic E-state index is -0.819. The number of carbonyl (C=O) groups is 1. The first-order valence-corrected chi connectivity index (χ1v) is 13.5. The van der Waals surface area contributed by atoms with Gasteiger partial charge < -0.3 is 9.84 Å². The van der Waals surface area contributed by atoms with E-state index in [1.54, 1.807) is 0 Å². The summed E-state index contributed by atoms with van der Waals surface area (Å²) in [6.45, 7) is 11.5. The Bertz CT molecular complexity index is 1460. The van der Waals surface area contributed by atoms with E-state index in [0.29, 0.717) is 0 Å². The van der Waals surface area contributed by atoms with Gasteiger partial charge in [-0.1, -0.05) is 54.6 Å². The monoisotopic (exact) mass is 512 g/mol. The number of carboxylic acids is 1. The number of aryl methyl sites for hydroxylation is 3. The average Bonchev–Trinajstić information content (AvgIpc) is 3.24. The summed E-state index contributed by atoms with van der Waals surface area (Å²) in [5.74, 6) is -0.125. The summed E-state index contributed by atoms with van der Waals surface area (Å²) >= 11 is 0. The normalized spacial score (nSPS) is 16.6. The first-order chi connectivity index (χ1) is 18.4. The van der Waals surface area contributed by atoms with Crippen LogP contribution in [0.1, 0.15) is 66.0 Å². The summed E-state index contributed by atoms with van der Waals surface area (Å²) < 4.78 is 8.18. The van der Waals surface area contributed by atoms with Crippen molar-refractivity contribution >= 4 is 17.0 Å². The maximum atomic E-state index is 12.0. The SMILES string of the molecule is CC[C@@H]1CN(Cc2cc(C(CC(=O)O)c3ccc4c(nnn4CC)c3C)ccc2C)Cc2ccccc2O1. The van der Waals surface area contributed by atoms with Gasteiger partial charge in [0, 0.05) is 37.7 Å². The third kappa shape index (κ3) is 5.16. The van der Waals surface area contributed by atoms with Crippen LogP contribution in [0.4, 0.5) is 0 Å². The van der Waals surface area contributed by atoms with Crippen LogP contribution in [-0.2, 0) is 24.4 Å². The van der Waals surface area contributed by atoms with Gasteiger partial charge in [0.25, 0.3) is 0 Å². The molecule has 38 heavy (non-hydrogen) atoms. The van der Waals surface area contributed by atoms with Crippen molar-refractivity contribution in [2.45, 2.75) is 72.2 Å². The number of rotatable bonds is 8. The lowest BCUT2D eigenvalue weighted by Gasteiger charge is -2.25. The number of nitrogens with zero attached hydrogens (tertiary/aromatic N) is 4. The molecule has 2 heterocycles. The van der Waals surface area contributed by atoms with Gasteiger partial charge in [-0.3, -0.25) is 9.69 Å². The van der Waals surface area contributed by atoms with Crippen LogP contribution in [0, 0.1) is 13.8 Å². The number of ether oxygens (including phenoxy) is 1. The topological polar surface area (TPSA) is 80.5 Å². The molecule has 1 unspecified atom stereocenters. The van der Waals surface area contributed by atoms with Crippen molar-refractivity contribution in [3.05, 3.63) is 88.0 Å². The van der Waals surface area contributed by atoms with E-state index in [1.807, 2.05) is 30.7 Å². The van der Waals surface area contributed by atoms with Crippen molar-refractivity contribution in [3.8, 4) is 5.75 Å². The van der Waals surface area contributed by atoms with E-state index in [9.17, 15) is 9.90 Å². The number of fused-ring (bicyclic) bond motifs is 2. The first-order valence-electron chi connectivity index (χ1n) is 13.5. The number of carboxylic acid groups (broad SMARTS) is 1. The van der Waals surface area contributed by atoms with Crippen molar-refractivity contribution in [2.24, 2.45) is 0 Å². The van der Waals surface area contributed by atoms with E-state index < -0.39 is 5.97 Å². The van der Waals surface area contributed by atoms with E-state index in [1.165, 1.54) is 16.7 Å². The van der Waals surface area contributed by atoms with Crippen molar-refractivity contribution < 1.29 is 14.6 Å². The van der Waals surface area contributed by atoms with Crippen LogP contribution in [0.25, 0.3) is 11.0 Å². The number of para-hydroxylation sites is 1. The van der Waals surface area contributed by atoms with Crippen LogP contribution in [0.2, 0.25) is 0 Å². The molecule has 0 saturated carbocycles. The van der Waals surface area contributed by atoms with E-state index in [-0.39, 0.29) is 18.4 Å². The number of aliphatic carboxylic acids is 1. The number of aromatic nitrogens is 3. The molecule has 1 aromatic heterocycles. The molecular weight excluding hydrogens is 476 g/mol. The molecule has 0 amide bonds. The highest BCUT2D eigenvalue weighted by Crippen LogP contribution is 2.35. The molecule has 4 aromatic rings. The summed E-state index contributed by atoms with van der Waals surface area (Å²) in [5, 5.41) is 18.5. The third-order valence-electron chi connectivity index (χ3n) is 7.78. The molecule has 1 aliphatic heterocycles. The third-order valence-corrected chi connectivity index (χ3v) is 7.78. The molecule has 0 aliphatic carbocycles. The molecule has 5 rings (SSSR count). The zero-order chi connectivity index (χ0) is 26.8. The maximum Gasteiger partial charge on any atom is 0.304 e. The minimum absolute atomic E-state index is 0.0135. The molecule has 0 bridgehead atoms. The van der Waals surface area contributed by atoms with Gasteiger partial charge in [0.2, 0.25) is 0 Å². The van der Waals surface area contributed by atoms with Gasteiger partial charge in [-0.05, 0) is 67.1 Å². The fourth-order valence-corrected chi connectivity index (χ4v) is 5.59. The highest BCUT2D eigenvalue weighted by molar-refractivity contribution is 5.80. The number of hydrogen-bond acceptors (Lipinski definition) is 5. The molecular formula is C31H36N4O3. The van der Waals surface area contributed by atoms with Crippen molar-refractivity contribution in [1.82, 2.24) is 19.9 Å². The van der Waals surface area contributed by atoms with E-state index in [2.05, 4.69) is 71.5 Å². The Kier molecular flexibility index (Phi) is 7.47. The van der Waals surface area contributed by atoms with E-state index in [4.69, 9.17) is 4.74 Å². The van der Waals surface area contributed by atoms with Crippen molar-refractivity contribution in [3.63, 3.8) is 0 Å². The molecule has 0 radical (unpaired) electrons. The molecule has 3 aromatic carbocycles.